The summed E-state index contributed by atoms with van der Waals surface area (Å²) in [5.74, 6) is 1.67. The summed E-state index contributed by atoms with van der Waals surface area (Å²) in [4.78, 5) is 12.7. The van der Waals surface area contributed by atoms with E-state index in [2.05, 4.69) is 19.2 Å². The molecule has 0 fully saturated rings. The smallest absolute Gasteiger partial charge is 0.251 e. The van der Waals surface area contributed by atoms with Crippen LogP contribution in [0.4, 0.5) is 5.69 Å². The summed E-state index contributed by atoms with van der Waals surface area (Å²) in [5.41, 5.74) is 2.91. The fraction of sp³-hybridized carbons (Fsp3) is 0.458. The molecule has 0 saturated carbocycles. The van der Waals surface area contributed by atoms with Gasteiger partial charge in [-0.15, -0.1) is 0 Å². The highest BCUT2D eigenvalue weighted by atomic mass is 32.2. The molecule has 1 amide bonds. The van der Waals surface area contributed by atoms with Crippen LogP contribution in [0.5, 0.6) is 11.5 Å². The van der Waals surface area contributed by atoms with Crippen molar-refractivity contribution >= 4 is 21.6 Å². The second-order valence-electron chi connectivity index (χ2n) is 8.65. The highest BCUT2D eigenvalue weighted by Gasteiger charge is 2.32. The molecule has 0 aromatic heterocycles. The van der Waals surface area contributed by atoms with Crippen molar-refractivity contribution in [3.63, 3.8) is 0 Å². The van der Waals surface area contributed by atoms with E-state index in [9.17, 15) is 13.2 Å². The first kappa shape index (κ1) is 23.9. The molecule has 1 heterocycles. The topological polar surface area (TPSA) is 84.9 Å². The van der Waals surface area contributed by atoms with Crippen LogP contribution >= 0.6 is 0 Å². The zero-order valence-electron chi connectivity index (χ0n) is 19.3. The third-order valence-corrected chi connectivity index (χ3v) is 6.76. The van der Waals surface area contributed by atoms with Crippen molar-refractivity contribution in [1.82, 2.24) is 5.32 Å². The molecule has 0 radical (unpaired) electrons. The van der Waals surface area contributed by atoms with Gasteiger partial charge in [0.1, 0.15) is 0 Å². The first-order chi connectivity index (χ1) is 15.1. The Kier molecular flexibility index (Phi) is 7.33. The number of rotatable bonds is 9. The molecule has 32 heavy (non-hydrogen) atoms. The Bertz CT molecular complexity index is 1080. The van der Waals surface area contributed by atoms with Crippen LogP contribution in [0.2, 0.25) is 0 Å². The number of nitrogens with zero attached hydrogens (tertiary/aromatic N) is 1. The summed E-state index contributed by atoms with van der Waals surface area (Å²) in [7, 11) is -1.76. The van der Waals surface area contributed by atoms with Crippen LogP contribution in [0.25, 0.3) is 0 Å². The molecule has 1 aliphatic rings. The number of hydrogen-bond donors (Lipinski definition) is 1. The van der Waals surface area contributed by atoms with Gasteiger partial charge in [-0.1, -0.05) is 19.9 Å². The number of amides is 1. The number of hydrogen-bond acceptors (Lipinski definition) is 5. The molecular formula is C24H32N2O5S. The van der Waals surface area contributed by atoms with Crippen molar-refractivity contribution in [3.8, 4) is 11.5 Å². The van der Waals surface area contributed by atoms with Gasteiger partial charge in [0.05, 0.1) is 25.7 Å². The van der Waals surface area contributed by atoms with Gasteiger partial charge >= 0.3 is 0 Å². The average molecular weight is 461 g/mol. The zero-order valence-corrected chi connectivity index (χ0v) is 20.2. The number of sulfonamides is 1. The van der Waals surface area contributed by atoms with Crippen LogP contribution in [0.15, 0.2) is 36.4 Å². The summed E-state index contributed by atoms with van der Waals surface area (Å²) >= 11 is 0. The van der Waals surface area contributed by atoms with Gasteiger partial charge in [-0.2, -0.15) is 0 Å². The maximum absolute atomic E-state index is 12.7. The molecule has 1 aliphatic heterocycles. The standard InChI is InChI=1S/C24H32N2O5S/c1-16(2)10-11-31-22-9-6-18(13-23(22)30-4)15-25-24(27)19-7-8-21-20(14-19)12-17(3)26(21)32(5,28)29/h6-9,13-14,16-17H,10-12,15H2,1-5H3,(H,25,27). The van der Waals surface area contributed by atoms with Crippen molar-refractivity contribution in [2.24, 2.45) is 5.92 Å². The van der Waals surface area contributed by atoms with Crippen LogP contribution in [0.3, 0.4) is 0 Å². The lowest BCUT2D eigenvalue weighted by Crippen LogP contribution is -2.34. The Morgan fingerprint density at radius 2 is 1.94 bits per heavy atom. The summed E-state index contributed by atoms with van der Waals surface area (Å²) < 4.78 is 36.8. The van der Waals surface area contributed by atoms with Crippen molar-refractivity contribution in [2.45, 2.75) is 46.2 Å². The van der Waals surface area contributed by atoms with E-state index in [0.29, 0.717) is 48.2 Å². The fourth-order valence-corrected chi connectivity index (χ4v) is 5.14. The third kappa shape index (κ3) is 5.54. The molecular weight excluding hydrogens is 428 g/mol. The van der Waals surface area contributed by atoms with Crippen LogP contribution in [0.1, 0.15) is 48.7 Å². The van der Waals surface area contributed by atoms with Gasteiger partial charge in [-0.3, -0.25) is 9.10 Å². The van der Waals surface area contributed by atoms with Gasteiger partial charge in [0.2, 0.25) is 10.0 Å². The molecule has 0 spiro atoms. The molecule has 1 atom stereocenters. The minimum atomic E-state index is -3.35. The van der Waals surface area contributed by atoms with E-state index in [4.69, 9.17) is 9.47 Å². The molecule has 0 aliphatic carbocycles. The van der Waals surface area contributed by atoms with E-state index in [1.807, 2.05) is 25.1 Å². The van der Waals surface area contributed by atoms with Gasteiger partial charge in [0, 0.05) is 18.2 Å². The highest BCUT2D eigenvalue weighted by molar-refractivity contribution is 7.92. The van der Waals surface area contributed by atoms with Gasteiger partial charge in [-0.05, 0) is 67.1 Å². The normalized spacial score (nSPS) is 15.6. The van der Waals surface area contributed by atoms with Crippen LogP contribution in [-0.4, -0.2) is 40.3 Å². The first-order valence-corrected chi connectivity index (χ1v) is 12.6. The predicted molar refractivity (Wildman–Crippen MR) is 126 cm³/mol. The second-order valence-corrected chi connectivity index (χ2v) is 10.5. The Morgan fingerprint density at radius 3 is 2.59 bits per heavy atom. The molecule has 8 heteroatoms. The fourth-order valence-electron chi connectivity index (χ4n) is 3.88. The van der Waals surface area contributed by atoms with Crippen LogP contribution < -0.4 is 19.1 Å². The zero-order chi connectivity index (χ0) is 23.5. The number of carbonyl (C=O) groups excluding carboxylic acids is 1. The molecule has 0 bridgehead atoms. The van der Waals surface area contributed by atoms with Gasteiger partial charge in [-0.25, -0.2) is 8.42 Å². The number of fused-ring (bicyclic) bond motifs is 1. The molecule has 174 valence electrons. The Balaban J connectivity index is 1.66. The van der Waals surface area contributed by atoms with Gasteiger partial charge < -0.3 is 14.8 Å². The van der Waals surface area contributed by atoms with Crippen LogP contribution in [0, 0.1) is 5.92 Å². The Hall–Kier alpha value is -2.74. The largest absolute Gasteiger partial charge is 0.493 e. The number of methoxy groups -OCH3 is 1. The highest BCUT2D eigenvalue weighted by Crippen LogP contribution is 2.34. The SMILES string of the molecule is COc1cc(CNC(=O)c2ccc3c(c2)CC(C)N3S(C)(=O)=O)ccc1OCCC(C)C. The number of benzene rings is 2. The minimum Gasteiger partial charge on any atom is -0.493 e. The number of anilines is 1. The monoisotopic (exact) mass is 460 g/mol. The van der Waals surface area contributed by atoms with Gasteiger partial charge in [0.15, 0.2) is 11.5 Å². The van der Waals surface area contributed by atoms with E-state index in [-0.39, 0.29) is 11.9 Å². The molecule has 1 N–H and O–H groups in total. The second kappa shape index (κ2) is 9.81. The van der Waals surface area contributed by atoms with Crippen molar-refractivity contribution < 1.29 is 22.7 Å². The van der Waals surface area contributed by atoms with Crippen molar-refractivity contribution in [2.75, 3.05) is 24.3 Å². The molecule has 2 aromatic rings. The first-order valence-electron chi connectivity index (χ1n) is 10.8. The summed E-state index contributed by atoms with van der Waals surface area (Å²) in [6.07, 6.45) is 2.75. The van der Waals surface area contributed by atoms with Crippen molar-refractivity contribution in [3.05, 3.63) is 53.1 Å². The number of nitrogens with one attached hydrogen (secondary N) is 1. The lowest BCUT2D eigenvalue weighted by Gasteiger charge is -2.21. The molecule has 7 nitrogen and oxygen atoms in total. The van der Waals surface area contributed by atoms with E-state index < -0.39 is 10.0 Å². The van der Waals surface area contributed by atoms with E-state index in [1.165, 1.54) is 10.6 Å². The number of ether oxygens (including phenoxy) is 2. The third-order valence-electron chi connectivity index (χ3n) is 5.49. The number of carbonyl (C=O) groups is 1. The van der Waals surface area contributed by atoms with E-state index >= 15 is 0 Å². The lowest BCUT2D eigenvalue weighted by atomic mass is 10.1. The average Bonchev–Trinajstić information content (AvgIpc) is 3.07. The Labute approximate surface area is 190 Å². The summed E-state index contributed by atoms with van der Waals surface area (Å²) in [6.45, 7) is 7.12. The summed E-state index contributed by atoms with van der Waals surface area (Å²) in [5, 5.41) is 2.92. The van der Waals surface area contributed by atoms with E-state index in [1.54, 1.807) is 25.3 Å². The lowest BCUT2D eigenvalue weighted by molar-refractivity contribution is 0.0950. The molecule has 1 unspecified atom stereocenters. The van der Waals surface area contributed by atoms with Crippen molar-refractivity contribution in [1.29, 1.82) is 0 Å². The quantitative estimate of drug-likeness (QED) is 0.616. The minimum absolute atomic E-state index is 0.160. The summed E-state index contributed by atoms with van der Waals surface area (Å²) in [6, 6.07) is 10.6. The molecule has 3 rings (SSSR count). The molecule has 0 saturated heterocycles. The Morgan fingerprint density at radius 1 is 1.19 bits per heavy atom. The predicted octanol–water partition coefficient (Wildman–Crippen LogP) is 3.76. The molecule has 2 aromatic carbocycles. The maximum Gasteiger partial charge on any atom is 0.251 e. The van der Waals surface area contributed by atoms with E-state index in [0.717, 1.165) is 17.5 Å². The van der Waals surface area contributed by atoms with Crippen LogP contribution in [-0.2, 0) is 23.0 Å². The van der Waals surface area contributed by atoms with Gasteiger partial charge in [0.25, 0.3) is 5.91 Å². The maximum atomic E-state index is 12.7.